The van der Waals surface area contributed by atoms with Crippen LogP contribution in [0.15, 0.2) is 24.3 Å². The lowest BCUT2D eigenvalue weighted by Gasteiger charge is -2.09. The van der Waals surface area contributed by atoms with Gasteiger partial charge < -0.3 is 25.8 Å². The van der Waals surface area contributed by atoms with Crippen molar-refractivity contribution < 1.29 is 14.3 Å². The first kappa shape index (κ1) is 16.4. The highest BCUT2D eigenvalue weighted by molar-refractivity contribution is 5.89. The molecule has 0 heterocycles. The summed E-state index contributed by atoms with van der Waals surface area (Å²) in [7, 11) is 1.63. The SMILES string of the molecule is COCCOCCCNC(=O)Nc1cccc(CN)c1. The molecule has 0 aliphatic carbocycles. The van der Waals surface area contributed by atoms with Gasteiger partial charge in [-0.1, -0.05) is 12.1 Å². The fourth-order valence-corrected chi connectivity index (χ4v) is 1.57. The van der Waals surface area contributed by atoms with Crippen molar-refractivity contribution >= 4 is 11.7 Å². The Kier molecular flexibility index (Phi) is 8.37. The minimum Gasteiger partial charge on any atom is -0.382 e. The number of nitrogens with two attached hydrogens (primary N) is 1. The number of carbonyl (C=O) groups is 1. The summed E-state index contributed by atoms with van der Waals surface area (Å²) in [5.74, 6) is 0. The zero-order valence-corrected chi connectivity index (χ0v) is 11.9. The molecule has 0 spiro atoms. The van der Waals surface area contributed by atoms with E-state index in [1.165, 1.54) is 0 Å². The molecule has 1 aromatic carbocycles. The van der Waals surface area contributed by atoms with Crippen LogP contribution in [0.3, 0.4) is 0 Å². The van der Waals surface area contributed by atoms with Crippen molar-refractivity contribution in [1.29, 1.82) is 0 Å². The van der Waals surface area contributed by atoms with Gasteiger partial charge in [0.05, 0.1) is 13.2 Å². The summed E-state index contributed by atoms with van der Waals surface area (Å²) in [6, 6.07) is 7.23. The van der Waals surface area contributed by atoms with Crippen LogP contribution in [0.5, 0.6) is 0 Å². The second-order valence-electron chi connectivity index (χ2n) is 4.24. The number of rotatable bonds is 9. The molecule has 0 saturated heterocycles. The first-order valence-electron chi connectivity index (χ1n) is 6.67. The van der Waals surface area contributed by atoms with Crippen molar-refractivity contribution in [1.82, 2.24) is 5.32 Å². The summed E-state index contributed by atoms with van der Waals surface area (Å²) in [5, 5.41) is 5.53. The van der Waals surface area contributed by atoms with Gasteiger partial charge in [0.2, 0.25) is 0 Å². The zero-order valence-electron chi connectivity index (χ0n) is 11.9. The Morgan fingerprint density at radius 3 is 2.90 bits per heavy atom. The van der Waals surface area contributed by atoms with Gasteiger partial charge in [-0.15, -0.1) is 0 Å². The molecule has 0 unspecified atom stereocenters. The number of amides is 2. The van der Waals surface area contributed by atoms with Gasteiger partial charge in [-0.2, -0.15) is 0 Å². The third-order valence-electron chi connectivity index (χ3n) is 2.60. The van der Waals surface area contributed by atoms with Crippen LogP contribution in [0.2, 0.25) is 0 Å². The van der Waals surface area contributed by atoms with E-state index in [0.717, 1.165) is 17.7 Å². The van der Waals surface area contributed by atoms with Gasteiger partial charge in [0, 0.05) is 32.5 Å². The van der Waals surface area contributed by atoms with Gasteiger partial charge in [0.25, 0.3) is 0 Å². The number of benzene rings is 1. The fraction of sp³-hybridized carbons (Fsp3) is 0.500. The molecule has 0 atom stereocenters. The van der Waals surface area contributed by atoms with Crippen LogP contribution in [-0.2, 0) is 16.0 Å². The molecule has 4 N–H and O–H groups in total. The number of anilines is 1. The molecule has 0 aliphatic heterocycles. The highest BCUT2D eigenvalue weighted by atomic mass is 16.5. The Morgan fingerprint density at radius 1 is 1.30 bits per heavy atom. The number of ether oxygens (including phenoxy) is 2. The summed E-state index contributed by atoms with van der Waals surface area (Å²) in [6.07, 6.45) is 0.764. The molecule has 1 aromatic rings. The topological polar surface area (TPSA) is 85.6 Å². The van der Waals surface area contributed by atoms with Crippen LogP contribution in [0.25, 0.3) is 0 Å². The molecule has 0 aliphatic rings. The zero-order chi connectivity index (χ0) is 14.6. The lowest BCUT2D eigenvalue weighted by molar-refractivity contribution is 0.0697. The maximum atomic E-state index is 11.6. The molecule has 20 heavy (non-hydrogen) atoms. The number of hydrogen-bond donors (Lipinski definition) is 3. The van der Waals surface area contributed by atoms with Crippen LogP contribution in [0.1, 0.15) is 12.0 Å². The Hall–Kier alpha value is -1.63. The highest BCUT2D eigenvalue weighted by Gasteiger charge is 2.01. The Labute approximate surface area is 119 Å². The molecule has 1 rings (SSSR count). The molecule has 6 nitrogen and oxygen atoms in total. The molecule has 0 saturated carbocycles. The molecule has 0 bridgehead atoms. The molecule has 6 heteroatoms. The third kappa shape index (κ3) is 7.08. The largest absolute Gasteiger partial charge is 0.382 e. The predicted octanol–water partition coefficient (Wildman–Crippen LogP) is 1.32. The fourth-order valence-electron chi connectivity index (χ4n) is 1.57. The quantitative estimate of drug-likeness (QED) is 0.596. The van der Waals surface area contributed by atoms with Crippen molar-refractivity contribution in [2.24, 2.45) is 5.73 Å². The van der Waals surface area contributed by atoms with E-state index in [-0.39, 0.29) is 6.03 Å². The van der Waals surface area contributed by atoms with E-state index in [2.05, 4.69) is 10.6 Å². The maximum Gasteiger partial charge on any atom is 0.319 e. The molecule has 2 amide bonds. The van der Waals surface area contributed by atoms with E-state index >= 15 is 0 Å². The third-order valence-corrected chi connectivity index (χ3v) is 2.60. The molecule has 0 fully saturated rings. The molecular formula is C14H23N3O3. The van der Waals surface area contributed by atoms with E-state index < -0.39 is 0 Å². The lowest BCUT2D eigenvalue weighted by atomic mass is 10.2. The lowest BCUT2D eigenvalue weighted by Crippen LogP contribution is -2.30. The minimum atomic E-state index is -0.226. The van der Waals surface area contributed by atoms with Crippen molar-refractivity contribution in [2.45, 2.75) is 13.0 Å². The average molecular weight is 281 g/mol. The van der Waals surface area contributed by atoms with Crippen LogP contribution in [0, 0.1) is 0 Å². The molecule has 112 valence electrons. The van der Waals surface area contributed by atoms with Crippen molar-refractivity contribution in [3.8, 4) is 0 Å². The standard InChI is InChI=1S/C14H23N3O3/c1-19-8-9-20-7-3-6-16-14(18)17-13-5-2-4-12(10-13)11-15/h2,4-5,10H,3,6-9,11,15H2,1H3,(H2,16,17,18). The van der Waals surface area contributed by atoms with Crippen LogP contribution in [-0.4, -0.2) is 39.5 Å². The summed E-state index contributed by atoms with van der Waals surface area (Å²) in [4.78, 5) is 11.6. The van der Waals surface area contributed by atoms with E-state index in [9.17, 15) is 4.79 Å². The first-order chi connectivity index (χ1) is 9.76. The van der Waals surface area contributed by atoms with Gasteiger partial charge >= 0.3 is 6.03 Å². The monoisotopic (exact) mass is 281 g/mol. The van der Waals surface area contributed by atoms with Gasteiger partial charge in [-0.3, -0.25) is 0 Å². The summed E-state index contributed by atoms with van der Waals surface area (Å²) in [6.45, 7) is 2.79. The number of methoxy groups -OCH3 is 1. The summed E-state index contributed by atoms with van der Waals surface area (Å²) in [5.41, 5.74) is 7.27. The van der Waals surface area contributed by atoms with Crippen LogP contribution < -0.4 is 16.4 Å². The highest BCUT2D eigenvalue weighted by Crippen LogP contribution is 2.09. The van der Waals surface area contributed by atoms with E-state index in [4.69, 9.17) is 15.2 Å². The van der Waals surface area contributed by atoms with Crippen molar-refractivity contribution in [3.63, 3.8) is 0 Å². The van der Waals surface area contributed by atoms with Crippen LogP contribution >= 0.6 is 0 Å². The number of carbonyl (C=O) groups excluding carboxylic acids is 1. The number of nitrogens with one attached hydrogen (secondary N) is 2. The summed E-state index contributed by atoms with van der Waals surface area (Å²) >= 11 is 0. The Bertz CT molecular complexity index is 399. The maximum absolute atomic E-state index is 11.6. The first-order valence-corrected chi connectivity index (χ1v) is 6.67. The smallest absolute Gasteiger partial charge is 0.319 e. The second-order valence-corrected chi connectivity index (χ2v) is 4.24. The molecule has 0 radical (unpaired) electrons. The van der Waals surface area contributed by atoms with Crippen molar-refractivity contribution in [2.75, 3.05) is 38.8 Å². The minimum absolute atomic E-state index is 0.226. The van der Waals surface area contributed by atoms with Gasteiger partial charge in [0.1, 0.15) is 0 Å². The average Bonchev–Trinajstić information content (AvgIpc) is 2.46. The Morgan fingerprint density at radius 2 is 2.15 bits per heavy atom. The van der Waals surface area contributed by atoms with Crippen LogP contribution in [0.4, 0.5) is 10.5 Å². The summed E-state index contributed by atoms with van der Waals surface area (Å²) < 4.78 is 10.2. The normalized spacial score (nSPS) is 10.3. The predicted molar refractivity (Wildman–Crippen MR) is 78.7 cm³/mol. The Balaban J connectivity index is 2.13. The number of urea groups is 1. The molecular weight excluding hydrogens is 258 g/mol. The van der Waals surface area contributed by atoms with Gasteiger partial charge in [-0.05, 0) is 24.1 Å². The van der Waals surface area contributed by atoms with E-state index in [0.29, 0.717) is 32.9 Å². The van der Waals surface area contributed by atoms with Gasteiger partial charge in [-0.25, -0.2) is 4.79 Å². The van der Waals surface area contributed by atoms with Gasteiger partial charge in [0.15, 0.2) is 0 Å². The second kappa shape index (κ2) is 10.2. The van der Waals surface area contributed by atoms with Crippen molar-refractivity contribution in [3.05, 3.63) is 29.8 Å². The molecule has 0 aromatic heterocycles. The van der Waals surface area contributed by atoms with E-state index in [1.54, 1.807) is 7.11 Å². The van der Waals surface area contributed by atoms with E-state index in [1.807, 2.05) is 24.3 Å². The number of hydrogen-bond acceptors (Lipinski definition) is 4.